The number of hydrogen-bond donors (Lipinski definition) is 3. The molecule has 0 aliphatic rings. The van der Waals surface area contributed by atoms with E-state index in [0.717, 1.165) is 29.8 Å². The van der Waals surface area contributed by atoms with Crippen molar-refractivity contribution in [2.24, 2.45) is 5.84 Å². The summed E-state index contributed by atoms with van der Waals surface area (Å²) in [5.41, 5.74) is 4.69. The number of nitrogens with zero attached hydrogens (tertiary/aromatic N) is 1. The third kappa shape index (κ3) is 1.68. The Balaban J connectivity index is 2.28. The van der Waals surface area contributed by atoms with Crippen LogP contribution in [0.1, 0.15) is 5.82 Å². The maximum absolute atomic E-state index is 5.18. The molecule has 0 aliphatic heterocycles. The van der Waals surface area contributed by atoms with E-state index in [1.807, 2.05) is 24.3 Å². The van der Waals surface area contributed by atoms with Crippen molar-refractivity contribution in [2.75, 3.05) is 6.54 Å². The maximum Gasteiger partial charge on any atom is 0.108 e. The van der Waals surface area contributed by atoms with Gasteiger partial charge in [0.05, 0.1) is 11.0 Å². The number of aromatic amines is 1. The van der Waals surface area contributed by atoms with E-state index in [4.69, 9.17) is 5.84 Å². The molecule has 0 aliphatic carbocycles. The van der Waals surface area contributed by atoms with E-state index < -0.39 is 0 Å². The van der Waals surface area contributed by atoms with Gasteiger partial charge in [-0.2, -0.15) is 0 Å². The predicted molar refractivity (Wildman–Crippen MR) is 52.0 cm³/mol. The molecule has 1 aromatic heterocycles. The van der Waals surface area contributed by atoms with E-state index in [0.29, 0.717) is 0 Å². The molecule has 0 saturated heterocycles. The number of hydrazine groups is 1. The predicted octanol–water partition coefficient (Wildman–Crippen LogP) is 0.569. The summed E-state index contributed by atoms with van der Waals surface area (Å²) in [6, 6.07) is 7.98. The lowest BCUT2D eigenvalue weighted by Gasteiger charge is -1.93. The fourth-order valence-corrected chi connectivity index (χ4v) is 1.31. The van der Waals surface area contributed by atoms with Gasteiger partial charge in [0.2, 0.25) is 0 Å². The molecule has 4 heteroatoms. The van der Waals surface area contributed by atoms with Gasteiger partial charge in [0.25, 0.3) is 0 Å². The molecule has 4 N–H and O–H groups in total. The molecule has 13 heavy (non-hydrogen) atoms. The van der Waals surface area contributed by atoms with Crippen molar-refractivity contribution in [2.45, 2.75) is 6.42 Å². The topological polar surface area (TPSA) is 66.7 Å². The maximum atomic E-state index is 5.18. The zero-order chi connectivity index (χ0) is 9.10. The minimum absolute atomic E-state index is 0.736. The van der Waals surface area contributed by atoms with E-state index in [2.05, 4.69) is 15.4 Å². The van der Waals surface area contributed by atoms with Crippen LogP contribution in [0.4, 0.5) is 0 Å². The summed E-state index contributed by atoms with van der Waals surface area (Å²) in [6.45, 7) is 0.736. The Morgan fingerprint density at radius 1 is 1.38 bits per heavy atom. The molecule has 0 amide bonds. The summed E-state index contributed by atoms with van der Waals surface area (Å²) >= 11 is 0. The molecule has 1 aromatic carbocycles. The van der Waals surface area contributed by atoms with Crippen LogP contribution in [-0.2, 0) is 6.42 Å². The zero-order valence-corrected chi connectivity index (χ0v) is 7.25. The van der Waals surface area contributed by atoms with Gasteiger partial charge in [-0.05, 0) is 12.1 Å². The van der Waals surface area contributed by atoms with Gasteiger partial charge in [-0.15, -0.1) is 0 Å². The van der Waals surface area contributed by atoms with Crippen LogP contribution in [0.3, 0.4) is 0 Å². The number of para-hydroxylation sites is 2. The number of nitrogens with one attached hydrogen (secondary N) is 2. The Labute approximate surface area is 76.1 Å². The molecular formula is C9H12N4. The van der Waals surface area contributed by atoms with Crippen LogP contribution in [0.25, 0.3) is 11.0 Å². The summed E-state index contributed by atoms with van der Waals surface area (Å²) in [5.74, 6) is 6.15. The smallest absolute Gasteiger partial charge is 0.108 e. The van der Waals surface area contributed by atoms with Crippen LogP contribution < -0.4 is 11.3 Å². The second kappa shape index (κ2) is 3.55. The zero-order valence-electron chi connectivity index (χ0n) is 7.25. The third-order valence-corrected chi connectivity index (χ3v) is 1.94. The van der Waals surface area contributed by atoms with Gasteiger partial charge in [-0.25, -0.2) is 4.98 Å². The number of fused-ring (bicyclic) bond motifs is 1. The van der Waals surface area contributed by atoms with Crippen molar-refractivity contribution in [3.05, 3.63) is 30.1 Å². The highest BCUT2D eigenvalue weighted by atomic mass is 15.2. The normalized spacial score (nSPS) is 10.8. The van der Waals surface area contributed by atoms with Gasteiger partial charge < -0.3 is 4.98 Å². The number of imidazole rings is 1. The molecule has 2 rings (SSSR count). The van der Waals surface area contributed by atoms with Gasteiger partial charge in [-0.1, -0.05) is 12.1 Å². The van der Waals surface area contributed by atoms with E-state index in [-0.39, 0.29) is 0 Å². The molecule has 1 heterocycles. The van der Waals surface area contributed by atoms with Gasteiger partial charge in [0.15, 0.2) is 0 Å². The molecule has 2 aromatic rings. The van der Waals surface area contributed by atoms with E-state index in [9.17, 15) is 0 Å². The third-order valence-electron chi connectivity index (χ3n) is 1.94. The van der Waals surface area contributed by atoms with Crippen molar-refractivity contribution in [1.29, 1.82) is 0 Å². The average Bonchev–Trinajstić information content (AvgIpc) is 2.57. The molecule has 4 nitrogen and oxygen atoms in total. The van der Waals surface area contributed by atoms with E-state index >= 15 is 0 Å². The quantitative estimate of drug-likeness (QED) is 0.473. The Bertz CT molecular complexity index is 360. The van der Waals surface area contributed by atoms with Crippen LogP contribution in [0.15, 0.2) is 24.3 Å². The lowest BCUT2D eigenvalue weighted by atomic mass is 10.3. The molecule has 0 spiro atoms. The van der Waals surface area contributed by atoms with Crippen LogP contribution in [0, 0.1) is 0 Å². The van der Waals surface area contributed by atoms with E-state index in [1.54, 1.807) is 0 Å². The minimum Gasteiger partial charge on any atom is -0.342 e. The van der Waals surface area contributed by atoms with Crippen molar-refractivity contribution in [3.63, 3.8) is 0 Å². The van der Waals surface area contributed by atoms with Crippen LogP contribution in [0.5, 0.6) is 0 Å². The number of H-pyrrole nitrogens is 1. The number of nitrogens with two attached hydrogens (primary N) is 1. The van der Waals surface area contributed by atoms with Crippen molar-refractivity contribution < 1.29 is 0 Å². The number of hydrogen-bond acceptors (Lipinski definition) is 3. The second-order valence-electron chi connectivity index (χ2n) is 2.90. The van der Waals surface area contributed by atoms with Crippen LogP contribution in [0.2, 0.25) is 0 Å². The monoisotopic (exact) mass is 176 g/mol. The largest absolute Gasteiger partial charge is 0.342 e. The lowest BCUT2D eigenvalue weighted by Crippen LogP contribution is -2.24. The fourth-order valence-electron chi connectivity index (χ4n) is 1.31. The van der Waals surface area contributed by atoms with Crippen LogP contribution >= 0.6 is 0 Å². The molecule has 0 fully saturated rings. The van der Waals surface area contributed by atoms with Crippen molar-refractivity contribution >= 4 is 11.0 Å². The van der Waals surface area contributed by atoms with E-state index in [1.165, 1.54) is 0 Å². The SMILES string of the molecule is NNCCc1nc2ccccc2[nH]1. The summed E-state index contributed by atoms with van der Waals surface area (Å²) < 4.78 is 0. The van der Waals surface area contributed by atoms with Crippen molar-refractivity contribution in [3.8, 4) is 0 Å². The Morgan fingerprint density at radius 2 is 2.23 bits per heavy atom. The molecular weight excluding hydrogens is 164 g/mol. The summed E-state index contributed by atoms with van der Waals surface area (Å²) in [7, 11) is 0. The Morgan fingerprint density at radius 3 is 3.00 bits per heavy atom. The number of aromatic nitrogens is 2. The average molecular weight is 176 g/mol. The minimum atomic E-state index is 0.736. The van der Waals surface area contributed by atoms with Gasteiger partial charge in [0, 0.05) is 13.0 Å². The first-order valence-corrected chi connectivity index (χ1v) is 4.27. The van der Waals surface area contributed by atoms with Crippen LogP contribution in [-0.4, -0.2) is 16.5 Å². The van der Waals surface area contributed by atoms with Gasteiger partial charge in [0.1, 0.15) is 5.82 Å². The second-order valence-corrected chi connectivity index (χ2v) is 2.90. The summed E-state index contributed by atoms with van der Waals surface area (Å²) in [5, 5.41) is 0. The molecule has 0 unspecified atom stereocenters. The first kappa shape index (κ1) is 8.22. The van der Waals surface area contributed by atoms with Gasteiger partial charge >= 0.3 is 0 Å². The van der Waals surface area contributed by atoms with Gasteiger partial charge in [-0.3, -0.25) is 11.3 Å². The highest BCUT2D eigenvalue weighted by Gasteiger charge is 1.99. The molecule has 68 valence electrons. The lowest BCUT2D eigenvalue weighted by molar-refractivity contribution is 0.712. The Hall–Kier alpha value is -1.39. The standard InChI is InChI=1S/C9H12N4/c10-11-6-5-9-12-7-3-1-2-4-8(7)13-9/h1-4,11H,5-6,10H2,(H,12,13). The molecule has 0 radical (unpaired) electrons. The summed E-state index contributed by atoms with van der Waals surface area (Å²) in [4.78, 5) is 7.62. The highest BCUT2D eigenvalue weighted by Crippen LogP contribution is 2.09. The number of rotatable bonds is 3. The number of benzene rings is 1. The molecule has 0 bridgehead atoms. The summed E-state index contributed by atoms with van der Waals surface area (Å²) in [6.07, 6.45) is 0.825. The first-order chi connectivity index (χ1) is 6.40. The first-order valence-electron chi connectivity index (χ1n) is 4.27. The molecule has 0 atom stereocenters. The highest BCUT2D eigenvalue weighted by molar-refractivity contribution is 5.74. The molecule has 0 saturated carbocycles. The fraction of sp³-hybridized carbons (Fsp3) is 0.222. The van der Waals surface area contributed by atoms with Crippen molar-refractivity contribution in [1.82, 2.24) is 15.4 Å². The Kier molecular flexibility index (Phi) is 2.25.